The third-order valence-corrected chi connectivity index (χ3v) is 7.48. The van der Waals surface area contributed by atoms with Gasteiger partial charge in [-0.2, -0.15) is 0 Å². The first kappa shape index (κ1) is 26.2. The molecule has 8 nitrogen and oxygen atoms in total. The molecule has 202 valence electrons. The molecule has 39 heavy (non-hydrogen) atoms. The van der Waals surface area contributed by atoms with Gasteiger partial charge >= 0.3 is 6.03 Å². The average molecular weight is 530 g/mol. The number of halogens is 1. The lowest BCUT2D eigenvalue weighted by molar-refractivity contribution is -0.137. The molecule has 0 radical (unpaired) electrons. The number of amides is 4. The summed E-state index contributed by atoms with van der Waals surface area (Å²) in [5.41, 5.74) is 1.88. The Bertz CT molecular complexity index is 1300. The Morgan fingerprint density at radius 1 is 0.795 bits per heavy atom. The molecule has 2 heterocycles. The van der Waals surface area contributed by atoms with E-state index >= 15 is 0 Å². The van der Waals surface area contributed by atoms with Crippen molar-refractivity contribution in [2.45, 2.75) is 31.5 Å². The van der Waals surface area contributed by atoms with Gasteiger partial charge in [-0.25, -0.2) is 9.18 Å². The lowest BCUT2D eigenvalue weighted by Crippen LogP contribution is -2.58. The van der Waals surface area contributed by atoms with Crippen molar-refractivity contribution < 1.29 is 18.8 Å². The number of piperidine rings is 1. The van der Waals surface area contributed by atoms with E-state index in [-0.39, 0.29) is 43.4 Å². The molecule has 0 aliphatic carbocycles. The molecule has 0 unspecified atom stereocenters. The van der Waals surface area contributed by atoms with E-state index < -0.39 is 5.54 Å². The molecule has 9 heteroatoms. The Kier molecular flexibility index (Phi) is 7.76. The quantitative estimate of drug-likeness (QED) is 0.491. The van der Waals surface area contributed by atoms with Crippen LogP contribution in [0.5, 0.6) is 0 Å². The second-order valence-corrected chi connectivity index (χ2v) is 9.97. The van der Waals surface area contributed by atoms with Gasteiger partial charge in [0.15, 0.2) is 0 Å². The van der Waals surface area contributed by atoms with Crippen molar-refractivity contribution in [3.05, 3.63) is 102 Å². The Balaban J connectivity index is 1.24. The predicted octanol–water partition coefficient (Wildman–Crippen LogP) is 3.49. The highest BCUT2D eigenvalue weighted by molar-refractivity contribution is 5.96. The second-order valence-electron chi connectivity index (χ2n) is 9.97. The molecule has 0 saturated carbocycles. The molecule has 2 N–H and O–H groups in total. The van der Waals surface area contributed by atoms with Crippen molar-refractivity contribution in [3.8, 4) is 0 Å². The minimum absolute atomic E-state index is 0.0770. The number of carbonyl (C=O) groups excluding carboxylic acids is 3. The molecule has 5 rings (SSSR count). The fourth-order valence-electron chi connectivity index (χ4n) is 5.32. The maximum absolute atomic E-state index is 13.8. The van der Waals surface area contributed by atoms with E-state index in [0.717, 1.165) is 16.8 Å². The molecular weight excluding hydrogens is 497 g/mol. The Morgan fingerprint density at radius 3 is 2.05 bits per heavy atom. The number of rotatable bonds is 7. The van der Waals surface area contributed by atoms with Crippen molar-refractivity contribution in [1.82, 2.24) is 20.4 Å². The first-order valence-electron chi connectivity index (χ1n) is 13.1. The van der Waals surface area contributed by atoms with Crippen LogP contribution >= 0.6 is 0 Å². The van der Waals surface area contributed by atoms with Gasteiger partial charge in [-0.15, -0.1) is 0 Å². The maximum atomic E-state index is 13.8. The van der Waals surface area contributed by atoms with Crippen LogP contribution < -0.4 is 15.5 Å². The average Bonchev–Trinajstić information content (AvgIpc) is 3.23. The summed E-state index contributed by atoms with van der Waals surface area (Å²) in [7, 11) is 0. The monoisotopic (exact) mass is 529 g/mol. The first-order valence-corrected chi connectivity index (χ1v) is 13.1. The number of para-hydroxylation sites is 1. The van der Waals surface area contributed by atoms with Crippen LogP contribution in [0, 0.1) is 5.82 Å². The zero-order chi connectivity index (χ0) is 27.2. The summed E-state index contributed by atoms with van der Waals surface area (Å²) in [5, 5.41) is 5.80. The molecule has 3 aromatic carbocycles. The zero-order valence-corrected chi connectivity index (χ0v) is 21.7. The third-order valence-electron chi connectivity index (χ3n) is 7.48. The molecule has 2 aliphatic rings. The van der Waals surface area contributed by atoms with Gasteiger partial charge in [-0.05, 0) is 48.2 Å². The van der Waals surface area contributed by atoms with Crippen LogP contribution in [0.4, 0.5) is 14.9 Å². The normalized spacial score (nSPS) is 16.4. The van der Waals surface area contributed by atoms with Crippen LogP contribution in [0.1, 0.15) is 24.0 Å². The van der Waals surface area contributed by atoms with Crippen molar-refractivity contribution in [3.63, 3.8) is 0 Å². The van der Waals surface area contributed by atoms with Gasteiger partial charge in [0.2, 0.25) is 5.91 Å². The van der Waals surface area contributed by atoms with E-state index in [1.165, 1.54) is 12.1 Å². The number of nitrogens with zero attached hydrogens (tertiary/aromatic N) is 3. The number of urea groups is 1. The van der Waals surface area contributed by atoms with E-state index in [1.807, 2.05) is 60.7 Å². The minimum Gasteiger partial charge on any atom is -0.350 e. The molecule has 4 amide bonds. The topological polar surface area (TPSA) is 85.0 Å². The predicted molar refractivity (Wildman–Crippen MR) is 146 cm³/mol. The summed E-state index contributed by atoms with van der Waals surface area (Å²) in [5.74, 6) is -0.721. The summed E-state index contributed by atoms with van der Waals surface area (Å²) < 4.78 is 13.2. The fourth-order valence-corrected chi connectivity index (χ4v) is 5.32. The van der Waals surface area contributed by atoms with Gasteiger partial charge in [0.1, 0.15) is 17.9 Å². The highest BCUT2D eigenvalue weighted by Crippen LogP contribution is 2.39. The summed E-state index contributed by atoms with van der Waals surface area (Å²) in [4.78, 5) is 44.9. The van der Waals surface area contributed by atoms with Gasteiger partial charge < -0.3 is 25.3 Å². The number of hydrogen-bond acceptors (Lipinski definition) is 4. The van der Waals surface area contributed by atoms with Crippen molar-refractivity contribution in [2.24, 2.45) is 0 Å². The van der Waals surface area contributed by atoms with Crippen LogP contribution in [-0.2, 0) is 22.7 Å². The summed E-state index contributed by atoms with van der Waals surface area (Å²) in [6.07, 6.45) is 0.931. The van der Waals surface area contributed by atoms with Crippen molar-refractivity contribution >= 4 is 23.5 Å². The summed E-state index contributed by atoms with van der Waals surface area (Å²) in [6, 6.07) is 25.2. The Hall–Kier alpha value is -4.40. The zero-order valence-electron chi connectivity index (χ0n) is 21.7. The molecule has 2 aliphatic heterocycles. The largest absolute Gasteiger partial charge is 0.350 e. The highest BCUT2D eigenvalue weighted by atomic mass is 19.1. The Labute approximate surface area is 227 Å². The Morgan fingerprint density at radius 2 is 1.38 bits per heavy atom. The van der Waals surface area contributed by atoms with Crippen molar-refractivity contribution in [2.75, 3.05) is 31.2 Å². The standard InChI is InChI=1S/C30H32FN5O3/c31-25-13-11-24(12-14-25)19-32-27(37)21-35-22-36(26-9-5-2-6-10-26)30(28(35)38)15-17-34(18-16-30)29(39)33-20-23-7-3-1-4-8-23/h1-14H,15-22H2,(H,32,37)(H,33,39). The minimum atomic E-state index is -0.825. The number of hydrogen-bond donors (Lipinski definition) is 2. The van der Waals surface area contributed by atoms with Gasteiger partial charge in [0.05, 0.1) is 6.67 Å². The number of likely N-dealkylation sites (tertiary alicyclic amines) is 1. The smallest absolute Gasteiger partial charge is 0.317 e. The van der Waals surface area contributed by atoms with E-state index in [1.54, 1.807) is 21.9 Å². The molecule has 1 spiro atoms. The van der Waals surface area contributed by atoms with Gasteiger partial charge in [0.25, 0.3) is 5.91 Å². The first-order chi connectivity index (χ1) is 18.9. The molecular formula is C30H32FN5O3. The van der Waals surface area contributed by atoms with Crippen LogP contribution in [-0.4, -0.2) is 59.5 Å². The molecule has 2 fully saturated rings. The van der Waals surface area contributed by atoms with E-state index in [4.69, 9.17) is 0 Å². The highest BCUT2D eigenvalue weighted by Gasteiger charge is 2.54. The van der Waals surface area contributed by atoms with Gasteiger partial charge in [-0.1, -0.05) is 60.7 Å². The van der Waals surface area contributed by atoms with E-state index in [9.17, 15) is 18.8 Å². The number of benzene rings is 3. The van der Waals surface area contributed by atoms with Gasteiger partial charge in [0, 0.05) is 31.9 Å². The molecule has 2 saturated heterocycles. The maximum Gasteiger partial charge on any atom is 0.317 e. The SMILES string of the molecule is O=C(CN1CN(c2ccccc2)C2(CCN(C(=O)NCc3ccccc3)CC2)C1=O)NCc1ccc(F)cc1. The van der Waals surface area contributed by atoms with Crippen molar-refractivity contribution in [1.29, 1.82) is 0 Å². The van der Waals surface area contributed by atoms with Crippen LogP contribution in [0.25, 0.3) is 0 Å². The lowest BCUT2D eigenvalue weighted by atomic mass is 9.85. The molecule has 3 aromatic rings. The third kappa shape index (κ3) is 5.87. The molecule has 0 aromatic heterocycles. The summed E-state index contributed by atoms with van der Waals surface area (Å²) >= 11 is 0. The number of carbonyl (C=O) groups is 3. The van der Waals surface area contributed by atoms with E-state index in [0.29, 0.717) is 32.5 Å². The van der Waals surface area contributed by atoms with Crippen LogP contribution in [0.3, 0.4) is 0 Å². The molecule has 0 bridgehead atoms. The van der Waals surface area contributed by atoms with Crippen LogP contribution in [0.2, 0.25) is 0 Å². The second kappa shape index (κ2) is 11.6. The van der Waals surface area contributed by atoms with E-state index in [2.05, 4.69) is 15.5 Å². The molecule has 0 atom stereocenters. The summed E-state index contributed by atoms with van der Waals surface area (Å²) in [6.45, 7) is 1.76. The number of anilines is 1. The number of nitrogens with one attached hydrogen (secondary N) is 2. The lowest BCUT2D eigenvalue weighted by Gasteiger charge is -2.43. The fraction of sp³-hybridized carbons (Fsp3) is 0.300. The van der Waals surface area contributed by atoms with Gasteiger partial charge in [-0.3, -0.25) is 9.59 Å². The van der Waals surface area contributed by atoms with Crippen LogP contribution in [0.15, 0.2) is 84.9 Å².